The largest absolute Gasteiger partial charge is 0.378 e. The van der Waals surface area contributed by atoms with E-state index in [1.807, 2.05) is 19.9 Å². The fraction of sp³-hybridized carbons (Fsp3) is 0.471. The van der Waals surface area contributed by atoms with Crippen molar-refractivity contribution in [3.05, 3.63) is 35.3 Å². The molecule has 1 fully saturated rings. The molecule has 2 amide bonds. The van der Waals surface area contributed by atoms with Crippen LogP contribution < -0.4 is 5.32 Å². The fourth-order valence-electron chi connectivity index (χ4n) is 2.45. The van der Waals surface area contributed by atoms with Crippen LogP contribution in [-0.4, -0.2) is 42.2 Å². The highest BCUT2D eigenvalue weighted by Crippen LogP contribution is 2.19. The van der Waals surface area contributed by atoms with Crippen LogP contribution in [0.25, 0.3) is 10.9 Å². The maximum absolute atomic E-state index is 13.5. The van der Waals surface area contributed by atoms with Gasteiger partial charge in [0.15, 0.2) is 0 Å². The summed E-state index contributed by atoms with van der Waals surface area (Å²) < 4.78 is 18.6. The number of H-pyrrole nitrogens is 1. The predicted octanol–water partition coefficient (Wildman–Crippen LogP) is 3.18. The smallest absolute Gasteiger partial charge is 0.317 e. The summed E-state index contributed by atoms with van der Waals surface area (Å²) in [6, 6.07) is 5.02. The number of likely N-dealkylation sites (tertiary alicyclic amines) is 1. The van der Waals surface area contributed by atoms with Gasteiger partial charge in [0.2, 0.25) is 0 Å². The van der Waals surface area contributed by atoms with E-state index in [1.165, 1.54) is 6.07 Å². The summed E-state index contributed by atoms with van der Waals surface area (Å²) >= 11 is 0. The van der Waals surface area contributed by atoms with Crippen molar-refractivity contribution in [1.29, 1.82) is 0 Å². The Morgan fingerprint density at radius 2 is 2.09 bits per heavy atom. The molecular formula is C17H24FN3O2. The number of methoxy groups -OCH3 is 1. The van der Waals surface area contributed by atoms with Gasteiger partial charge in [-0.25, -0.2) is 9.18 Å². The third kappa shape index (κ3) is 3.82. The SMILES string of the molecule is CC.COC1CN(C(=O)NCc2cc3cc(F)c(C)cc3[nH]2)C1. The third-order valence-corrected chi connectivity index (χ3v) is 3.85. The van der Waals surface area contributed by atoms with Crippen LogP contribution in [0.15, 0.2) is 18.2 Å². The molecule has 3 rings (SSSR count). The number of carbonyl (C=O) groups is 1. The number of benzene rings is 1. The minimum atomic E-state index is -0.219. The summed E-state index contributed by atoms with van der Waals surface area (Å²) in [5.41, 5.74) is 2.33. The first-order valence-corrected chi connectivity index (χ1v) is 7.90. The summed E-state index contributed by atoms with van der Waals surface area (Å²) in [6.45, 7) is 7.37. The van der Waals surface area contributed by atoms with Crippen LogP contribution in [0.1, 0.15) is 25.1 Å². The van der Waals surface area contributed by atoms with Crippen molar-refractivity contribution in [3.63, 3.8) is 0 Å². The van der Waals surface area contributed by atoms with E-state index in [1.54, 1.807) is 25.0 Å². The lowest BCUT2D eigenvalue weighted by Gasteiger charge is -2.37. The van der Waals surface area contributed by atoms with Crippen molar-refractivity contribution >= 4 is 16.9 Å². The number of nitrogens with one attached hydrogen (secondary N) is 2. The molecule has 23 heavy (non-hydrogen) atoms. The number of aromatic amines is 1. The quantitative estimate of drug-likeness (QED) is 0.912. The van der Waals surface area contributed by atoms with Gasteiger partial charge in [0, 0.05) is 23.7 Å². The average molecular weight is 321 g/mol. The molecule has 1 aliphatic rings. The molecule has 1 saturated heterocycles. The molecule has 5 nitrogen and oxygen atoms in total. The number of carbonyl (C=O) groups excluding carboxylic acids is 1. The van der Waals surface area contributed by atoms with Gasteiger partial charge in [-0.1, -0.05) is 13.8 Å². The van der Waals surface area contributed by atoms with Crippen molar-refractivity contribution in [2.75, 3.05) is 20.2 Å². The molecule has 0 radical (unpaired) electrons. The molecule has 1 aliphatic heterocycles. The van der Waals surface area contributed by atoms with Gasteiger partial charge in [0.05, 0.1) is 25.7 Å². The summed E-state index contributed by atoms with van der Waals surface area (Å²) in [5, 5.41) is 3.65. The molecule has 0 bridgehead atoms. The number of nitrogens with zero attached hydrogens (tertiary/aromatic N) is 1. The Morgan fingerprint density at radius 1 is 1.39 bits per heavy atom. The Bertz CT molecular complexity index is 639. The van der Waals surface area contributed by atoms with Crippen molar-refractivity contribution in [3.8, 4) is 0 Å². The molecule has 6 heteroatoms. The van der Waals surface area contributed by atoms with Crippen LogP contribution in [0.2, 0.25) is 0 Å². The number of aromatic nitrogens is 1. The molecule has 0 unspecified atom stereocenters. The first-order valence-electron chi connectivity index (χ1n) is 7.90. The van der Waals surface area contributed by atoms with Crippen LogP contribution in [0.4, 0.5) is 9.18 Å². The first kappa shape index (κ1) is 17.3. The van der Waals surface area contributed by atoms with E-state index < -0.39 is 0 Å². The maximum Gasteiger partial charge on any atom is 0.317 e. The van der Waals surface area contributed by atoms with Gasteiger partial charge < -0.3 is 19.9 Å². The number of rotatable bonds is 3. The Kier molecular flexibility index (Phi) is 5.60. The third-order valence-electron chi connectivity index (χ3n) is 3.85. The van der Waals surface area contributed by atoms with Gasteiger partial charge in [-0.3, -0.25) is 0 Å². The first-order chi connectivity index (χ1) is 11.1. The Hall–Kier alpha value is -2.08. The molecule has 0 saturated carbocycles. The highest BCUT2D eigenvalue weighted by Gasteiger charge is 2.30. The summed E-state index contributed by atoms with van der Waals surface area (Å²) in [7, 11) is 1.64. The minimum Gasteiger partial charge on any atom is -0.378 e. The van der Waals surface area contributed by atoms with Crippen LogP contribution in [0.3, 0.4) is 0 Å². The monoisotopic (exact) mass is 321 g/mol. The van der Waals surface area contributed by atoms with E-state index in [9.17, 15) is 9.18 Å². The number of hydrogen-bond donors (Lipinski definition) is 2. The van der Waals surface area contributed by atoms with E-state index in [0.29, 0.717) is 25.2 Å². The van der Waals surface area contributed by atoms with Gasteiger partial charge in [-0.15, -0.1) is 0 Å². The lowest BCUT2D eigenvalue weighted by Crippen LogP contribution is -2.57. The number of fused-ring (bicyclic) bond motifs is 1. The second-order valence-electron chi connectivity index (χ2n) is 5.40. The zero-order valence-corrected chi connectivity index (χ0v) is 14.1. The Balaban J connectivity index is 0.000000924. The molecular weight excluding hydrogens is 297 g/mol. The standard InChI is InChI=1S/C15H18FN3O2.C2H6/c1-9-3-14-10(5-13(9)16)4-11(18-14)6-17-15(20)19-7-12(8-19)21-2;1-2/h3-5,12,18H,6-8H2,1-2H3,(H,17,20);1-2H3. The zero-order chi connectivity index (χ0) is 17.0. The predicted molar refractivity (Wildman–Crippen MR) is 88.9 cm³/mol. The molecule has 0 spiro atoms. The van der Waals surface area contributed by atoms with Crippen molar-refractivity contribution in [2.24, 2.45) is 0 Å². The normalized spacial score (nSPS) is 14.2. The van der Waals surface area contributed by atoms with Crippen molar-refractivity contribution in [2.45, 2.75) is 33.4 Å². The van der Waals surface area contributed by atoms with Gasteiger partial charge >= 0.3 is 6.03 Å². The van der Waals surface area contributed by atoms with Gasteiger partial charge in [-0.05, 0) is 30.7 Å². The summed E-state index contributed by atoms with van der Waals surface area (Å²) in [5.74, 6) is -0.219. The van der Waals surface area contributed by atoms with Gasteiger partial charge in [-0.2, -0.15) is 0 Å². The lowest BCUT2D eigenvalue weighted by molar-refractivity contribution is -0.00772. The Labute approximate surface area is 135 Å². The molecule has 0 atom stereocenters. The van der Waals surface area contributed by atoms with Crippen LogP contribution in [0, 0.1) is 12.7 Å². The average Bonchev–Trinajstić information content (AvgIpc) is 2.88. The summed E-state index contributed by atoms with van der Waals surface area (Å²) in [6.07, 6.45) is 0.148. The van der Waals surface area contributed by atoms with E-state index in [-0.39, 0.29) is 18.0 Å². The van der Waals surface area contributed by atoms with Gasteiger partial charge in [0.1, 0.15) is 5.82 Å². The highest BCUT2D eigenvalue weighted by atomic mass is 19.1. The molecule has 1 aromatic carbocycles. The minimum absolute atomic E-state index is 0.107. The Morgan fingerprint density at radius 3 is 2.74 bits per heavy atom. The number of halogens is 1. The van der Waals surface area contributed by atoms with Gasteiger partial charge in [0.25, 0.3) is 0 Å². The number of ether oxygens (including phenoxy) is 1. The molecule has 2 heterocycles. The molecule has 0 aliphatic carbocycles. The van der Waals surface area contributed by atoms with Crippen LogP contribution in [0.5, 0.6) is 0 Å². The number of urea groups is 1. The number of amides is 2. The topological polar surface area (TPSA) is 57.4 Å². The van der Waals surface area contributed by atoms with Crippen LogP contribution >= 0.6 is 0 Å². The van der Waals surface area contributed by atoms with Crippen molar-refractivity contribution < 1.29 is 13.9 Å². The molecule has 1 aromatic heterocycles. The second-order valence-corrected chi connectivity index (χ2v) is 5.40. The van der Waals surface area contributed by atoms with E-state index in [2.05, 4.69) is 10.3 Å². The lowest BCUT2D eigenvalue weighted by atomic mass is 10.2. The highest BCUT2D eigenvalue weighted by molar-refractivity contribution is 5.81. The number of hydrogen-bond acceptors (Lipinski definition) is 2. The van der Waals surface area contributed by atoms with E-state index in [4.69, 9.17) is 4.74 Å². The van der Waals surface area contributed by atoms with E-state index in [0.717, 1.165) is 16.6 Å². The number of aryl methyl sites for hydroxylation is 1. The fourth-order valence-corrected chi connectivity index (χ4v) is 2.45. The second kappa shape index (κ2) is 7.46. The molecule has 126 valence electrons. The zero-order valence-electron chi connectivity index (χ0n) is 14.1. The maximum atomic E-state index is 13.5. The van der Waals surface area contributed by atoms with Crippen LogP contribution in [-0.2, 0) is 11.3 Å². The molecule has 2 aromatic rings. The van der Waals surface area contributed by atoms with E-state index >= 15 is 0 Å². The molecule has 2 N–H and O–H groups in total. The van der Waals surface area contributed by atoms with Crippen molar-refractivity contribution in [1.82, 2.24) is 15.2 Å². The summed E-state index contributed by atoms with van der Waals surface area (Å²) in [4.78, 5) is 16.8.